The molecule has 1 aromatic carbocycles. The van der Waals surface area contributed by atoms with Crippen molar-refractivity contribution in [1.29, 1.82) is 0 Å². The van der Waals surface area contributed by atoms with Gasteiger partial charge in [0.2, 0.25) is 17.7 Å². The zero-order chi connectivity index (χ0) is 28.0. The number of rotatable bonds is 16. The quantitative estimate of drug-likeness (QED) is 0.0613. The number of nitrogens with one attached hydrogen (secondary N) is 3. The molecule has 1 aromatic rings. The van der Waals surface area contributed by atoms with Gasteiger partial charge in [0.15, 0.2) is 5.96 Å². The molecule has 0 spiro atoms. The van der Waals surface area contributed by atoms with Crippen molar-refractivity contribution in [1.82, 2.24) is 16.0 Å². The normalized spacial score (nSPS) is 12.9. The van der Waals surface area contributed by atoms with Crippen molar-refractivity contribution in [3.8, 4) is 5.75 Å². The van der Waals surface area contributed by atoms with Gasteiger partial charge in [-0.3, -0.25) is 24.2 Å². The first kappa shape index (κ1) is 30.6. The molecule has 37 heavy (non-hydrogen) atoms. The highest BCUT2D eigenvalue weighted by molar-refractivity contribution is 5.92. The first-order chi connectivity index (χ1) is 17.4. The Balaban J connectivity index is 2.68. The van der Waals surface area contributed by atoms with Crippen LogP contribution in [-0.4, -0.2) is 82.2 Å². The van der Waals surface area contributed by atoms with E-state index in [0.717, 1.165) is 0 Å². The molecule has 0 fully saturated rings. The second-order valence-corrected chi connectivity index (χ2v) is 8.10. The number of aliphatic imine (C=N–C) groups is 1. The van der Waals surface area contributed by atoms with E-state index in [9.17, 15) is 34.2 Å². The predicted octanol–water partition coefficient (Wildman–Crippen LogP) is -2.65. The van der Waals surface area contributed by atoms with Gasteiger partial charge < -0.3 is 48.5 Å². The summed E-state index contributed by atoms with van der Waals surface area (Å²) in [5.41, 5.74) is 16.8. The van der Waals surface area contributed by atoms with E-state index in [1.165, 1.54) is 24.3 Å². The van der Waals surface area contributed by atoms with Crippen molar-refractivity contribution < 1.29 is 39.3 Å². The monoisotopic (exact) mass is 523 g/mol. The number of hydrogen-bond donors (Lipinski definition) is 9. The summed E-state index contributed by atoms with van der Waals surface area (Å²) in [5, 5.41) is 34.6. The van der Waals surface area contributed by atoms with Crippen molar-refractivity contribution >= 4 is 35.6 Å². The van der Waals surface area contributed by atoms with Gasteiger partial charge in [-0.25, -0.2) is 4.79 Å². The highest BCUT2D eigenvalue weighted by Gasteiger charge is 2.26. The number of carbonyl (C=O) groups excluding carboxylic acids is 3. The Hall–Kier alpha value is -4.40. The summed E-state index contributed by atoms with van der Waals surface area (Å²) in [7, 11) is 0. The number of carboxylic acids is 2. The van der Waals surface area contributed by atoms with Crippen molar-refractivity contribution in [2.45, 2.75) is 50.2 Å². The van der Waals surface area contributed by atoms with Gasteiger partial charge in [-0.05, 0) is 37.0 Å². The third kappa shape index (κ3) is 12.7. The van der Waals surface area contributed by atoms with Crippen LogP contribution < -0.4 is 33.2 Å². The Kier molecular flexibility index (Phi) is 12.9. The largest absolute Gasteiger partial charge is 0.508 e. The van der Waals surface area contributed by atoms with Crippen LogP contribution in [0.25, 0.3) is 0 Å². The molecule has 3 amide bonds. The molecule has 0 aliphatic carbocycles. The summed E-state index contributed by atoms with van der Waals surface area (Å²) in [6.45, 7) is -0.381. The average Bonchev–Trinajstić information content (AvgIpc) is 2.83. The number of aromatic hydroxyl groups is 1. The molecule has 0 bridgehead atoms. The van der Waals surface area contributed by atoms with Gasteiger partial charge in [-0.1, -0.05) is 12.1 Å². The van der Waals surface area contributed by atoms with Crippen LogP contribution in [0, 0.1) is 0 Å². The molecular weight excluding hydrogens is 490 g/mol. The molecule has 0 aliphatic heterocycles. The minimum Gasteiger partial charge on any atom is -0.508 e. The standard InChI is InChI=1S/C22H33N7O8/c23-14(2-1-9-26-22(24)25)19(34)29-15(7-8-18(32)33)20(35)27-11-17(31)28-16(21(36)37)10-12-3-5-13(30)6-4-12/h3-6,14-16,30H,1-2,7-11,23H2,(H,27,35)(H,28,31)(H,29,34)(H,32,33)(H,36,37)(H4,24,25,26). The summed E-state index contributed by atoms with van der Waals surface area (Å²) < 4.78 is 0. The highest BCUT2D eigenvalue weighted by Crippen LogP contribution is 2.11. The average molecular weight is 524 g/mol. The van der Waals surface area contributed by atoms with E-state index in [1.807, 2.05) is 0 Å². The van der Waals surface area contributed by atoms with E-state index in [2.05, 4.69) is 20.9 Å². The smallest absolute Gasteiger partial charge is 0.326 e. The number of guanidine groups is 1. The van der Waals surface area contributed by atoms with E-state index in [1.54, 1.807) is 0 Å². The minimum absolute atomic E-state index is 0.00110. The third-order valence-corrected chi connectivity index (χ3v) is 5.02. The maximum atomic E-state index is 12.6. The molecule has 3 unspecified atom stereocenters. The number of hydrogen-bond acceptors (Lipinski definition) is 8. The summed E-state index contributed by atoms with van der Waals surface area (Å²) in [5.74, 6) is -5.00. The van der Waals surface area contributed by atoms with E-state index in [4.69, 9.17) is 22.3 Å². The molecule has 0 aliphatic rings. The number of nitrogens with zero attached hydrogens (tertiary/aromatic N) is 1. The lowest BCUT2D eigenvalue weighted by atomic mass is 10.1. The van der Waals surface area contributed by atoms with Crippen molar-refractivity contribution in [3.63, 3.8) is 0 Å². The van der Waals surface area contributed by atoms with Crippen LogP contribution in [0.15, 0.2) is 29.3 Å². The summed E-state index contributed by atoms with van der Waals surface area (Å²) in [6.07, 6.45) is -0.219. The van der Waals surface area contributed by atoms with E-state index >= 15 is 0 Å². The molecule has 0 saturated carbocycles. The van der Waals surface area contributed by atoms with Crippen LogP contribution >= 0.6 is 0 Å². The van der Waals surface area contributed by atoms with E-state index in [-0.39, 0.29) is 37.5 Å². The Labute approximate surface area is 212 Å². The molecule has 1 rings (SSSR count). The zero-order valence-electron chi connectivity index (χ0n) is 20.1. The summed E-state index contributed by atoms with van der Waals surface area (Å²) in [6, 6.07) is 2.12. The fraction of sp³-hybridized carbons (Fsp3) is 0.455. The Morgan fingerprint density at radius 2 is 1.57 bits per heavy atom. The molecule has 12 N–H and O–H groups in total. The predicted molar refractivity (Wildman–Crippen MR) is 131 cm³/mol. The molecule has 15 nitrogen and oxygen atoms in total. The maximum Gasteiger partial charge on any atom is 0.326 e. The molecule has 0 aromatic heterocycles. The second kappa shape index (κ2) is 15.6. The number of aliphatic carboxylic acids is 2. The van der Waals surface area contributed by atoms with Crippen molar-refractivity contribution in [2.24, 2.45) is 22.2 Å². The van der Waals surface area contributed by atoms with Gasteiger partial charge in [-0.2, -0.15) is 0 Å². The van der Waals surface area contributed by atoms with Crippen LogP contribution in [0.5, 0.6) is 5.75 Å². The first-order valence-electron chi connectivity index (χ1n) is 11.3. The lowest BCUT2D eigenvalue weighted by molar-refractivity contribution is -0.141. The van der Waals surface area contributed by atoms with Crippen molar-refractivity contribution in [3.05, 3.63) is 29.8 Å². The Morgan fingerprint density at radius 1 is 0.919 bits per heavy atom. The van der Waals surface area contributed by atoms with Gasteiger partial charge in [0.05, 0.1) is 12.6 Å². The van der Waals surface area contributed by atoms with Gasteiger partial charge in [0.25, 0.3) is 0 Å². The van der Waals surface area contributed by atoms with Gasteiger partial charge in [-0.15, -0.1) is 0 Å². The van der Waals surface area contributed by atoms with E-state index < -0.39 is 60.8 Å². The summed E-state index contributed by atoms with van der Waals surface area (Å²) in [4.78, 5) is 63.5. The molecule has 0 radical (unpaired) electrons. The SMILES string of the molecule is NC(N)=NCCCC(N)C(=O)NC(CCC(=O)O)C(=O)NCC(=O)NC(Cc1ccc(O)cc1)C(=O)O. The Morgan fingerprint density at radius 3 is 2.14 bits per heavy atom. The van der Waals surface area contributed by atoms with Crippen LogP contribution in [-0.2, 0) is 30.4 Å². The third-order valence-electron chi connectivity index (χ3n) is 5.02. The molecule has 204 valence electrons. The fourth-order valence-corrected chi connectivity index (χ4v) is 3.07. The van der Waals surface area contributed by atoms with Crippen LogP contribution in [0.3, 0.4) is 0 Å². The fourth-order valence-electron chi connectivity index (χ4n) is 3.07. The summed E-state index contributed by atoms with van der Waals surface area (Å²) >= 11 is 0. The first-order valence-corrected chi connectivity index (χ1v) is 11.3. The maximum absolute atomic E-state index is 12.6. The number of benzene rings is 1. The molecule has 15 heteroatoms. The van der Waals surface area contributed by atoms with Gasteiger partial charge in [0, 0.05) is 19.4 Å². The highest BCUT2D eigenvalue weighted by atomic mass is 16.4. The topological polar surface area (TPSA) is 273 Å². The number of phenols is 1. The number of carbonyl (C=O) groups is 5. The Bertz CT molecular complexity index is 980. The van der Waals surface area contributed by atoms with Crippen LogP contribution in [0.4, 0.5) is 0 Å². The molecular formula is C22H33N7O8. The molecule has 0 saturated heterocycles. The second-order valence-electron chi connectivity index (χ2n) is 8.10. The van der Waals surface area contributed by atoms with E-state index in [0.29, 0.717) is 12.0 Å². The number of carboxylic acid groups (broad SMARTS) is 2. The number of nitrogens with two attached hydrogens (primary N) is 3. The number of phenolic OH excluding ortho intramolecular Hbond substituents is 1. The lowest BCUT2D eigenvalue weighted by Crippen LogP contribution is -2.53. The van der Waals surface area contributed by atoms with Gasteiger partial charge >= 0.3 is 11.9 Å². The van der Waals surface area contributed by atoms with Crippen LogP contribution in [0.2, 0.25) is 0 Å². The zero-order valence-corrected chi connectivity index (χ0v) is 20.1. The lowest BCUT2D eigenvalue weighted by Gasteiger charge is -2.20. The minimum atomic E-state index is -1.31. The van der Waals surface area contributed by atoms with Crippen molar-refractivity contribution in [2.75, 3.05) is 13.1 Å². The van der Waals surface area contributed by atoms with Crippen LogP contribution in [0.1, 0.15) is 31.2 Å². The number of amides is 3. The molecule has 3 atom stereocenters. The molecule has 0 heterocycles. The van der Waals surface area contributed by atoms with Gasteiger partial charge in [0.1, 0.15) is 17.8 Å².